The van der Waals surface area contributed by atoms with Crippen LogP contribution in [0.2, 0.25) is 0 Å². The molecule has 1 aromatic carbocycles. The fourth-order valence-corrected chi connectivity index (χ4v) is 1.77. The molecule has 0 spiro atoms. The molecule has 4 nitrogen and oxygen atoms in total. The first-order chi connectivity index (χ1) is 9.56. The normalized spacial score (nSPS) is 12.0. The number of carbonyl (C=O) groups excluding carboxylic acids is 1. The largest absolute Gasteiger partial charge is 0.491 e. The lowest BCUT2D eigenvalue weighted by molar-refractivity contribution is -0.116. The Bertz CT molecular complexity index is 432. The Morgan fingerprint density at radius 3 is 2.85 bits per heavy atom. The molecule has 4 heteroatoms. The van der Waals surface area contributed by atoms with Crippen LogP contribution in [0.3, 0.4) is 0 Å². The summed E-state index contributed by atoms with van der Waals surface area (Å²) >= 11 is 0. The first-order valence-corrected chi connectivity index (χ1v) is 7.30. The molecule has 1 aromatic rings. The van der Waals surface area contributed by atoms with E-state index in [0.717, 1.165) is 29.8 Å². The number of hydrogen-bond donors (Lipinski definition) is 2. The highest BCUT2D eigenvalue weighted by Gasteiger charge is 2.09. The Morgan fingerprint density at radius 2 is 2.20 bits per heavy atom. The quantitative estimate of drug-likeness (QED) is 0.768. The molecule has 3 N–H and O–H groups in total. The molecule has 1 unspecified atom stereocenters. The summed E-state index contributed by atoms with van der Waals surface area (Å²) in [7, 11) is 0. The zero-order chi connectivity index (χ0) is 15.0. The third-order valence-electron chi connectivity index (χ3n) is 3.14. The SMILES string of the molecule is CCCOc1cc(C)ccc1NC(=O)CCC(C)CN. The van der Waals surface area contributed by atoms with Crippen LogP contribution in [0.1, 0.15) is 38.7 Å². The number of anilines is 1. The van der Waals surface area contributed by atoms with E-state index < -0.39 is 0 Å². The van der Waals surface area contributed by atoms with Crippen molar-refractivity contribution in [2.75, 3.05) is 18.5 Å². The van der Waals surface area contributed by atoms with Gasteiger partial charge in [0.05, 0.1) is 12.3 Å². The Kier molecular flexibility index (Phi) is 7.09. The molecule has 112 valence electrons. The van der Waals surface area contributed by atoms with Crippen LogP contribution in [0.15, 0.2) is 18.2 Å². The first-order valence-electron chi connectivity index (χ1n) is 7.30. The molecule has 1 atom stereocenters. The number of ether oxygens (including phenoxy) is 1. The van der Waals surface area contributed by atoms with Crippen LogP contribution in [0.4, 0.5) is 5.69 Å². The average molecular weight is 278 g/mol. The van der Waals surface area contributed by atoms with Crippen molar-refractivity contribution in [3.63, 3.8) is 0 Å². The highest BCUT2D eigenvalue weighted by Crippen LogP contribution is 2.26. The second-order valence-electron chi connectivity index (χ2n) is 5.28. The van der Waals surface area contributed by atoms with E-state index in [1.54, 1.807) is 0 Å². The van der Waals surface area contributed by atoms with E-state index in [2.05, 4.69) is 19.2 Å². The smallest absolute Gasteiger partial charge is 0.224 e. The molecule has 1 amide bonds. The molecule has 0 saturated heterocycles. The maximum absolute atomic E-state index is 11.9. The number of nitrogens with two attached hydrogens (primary N) is 1. The summed E-state index contributed by atoms with van der Waals surface area (Å²) in [6, 6.07) is 5.81. The zero-order valence-corrected chi connectivity index (χ0v) is 12.7. The molecular weight excluding hydrogens is 252 g/mol. The molecule has 0 aromatic heterocycles. The number of aryl methyl sites for hydroxylation is 1. The van der Waals surface area contributed by atoms with E-state index in [4.69, 9.17) is 10.5 Å². The number of carbonyl (C=O) groups is 1. The van der Waals surface area contributed by atoms with E-state index in [1.807, 2.05) is 25.1 Å². The molecule has 0 bridgehead atoms. The monoisotopic (exact) mass is 278 g/mol. The molecule has 0 heterocycles. The average Bonchev–Trinajstić information content (AvgIpc) is 2.44. The predicted octanol–water partition coefficient (Wildman–Crippen LogP) is 3.10. The third kappa shape index (κ3) is 5.61. The zero-order valence-electron chi connectivity index (χ0n) is 12.7. The molecule has 0 radical (unpaired) electrons. The number of benzene rings is 1. The van der Waals surface area contributed by atoms with Gasteiger partial charge in [0, 0.05) is 6.42 Å². The standard InChI is InChI=1S/C16H26N2O2/c1-4-9-20-15-10-12(2)5-7-14(15)18-16(19)8-6-13(3)11-17/h5,7,10,13H,4,6,8-9,11,17H2,1-3H3,(H,18,19). The molecular formula is C16H26N2O2. The van der Waals surface area contributed by atoms with Crippen LogP contribution in [0.5, 0.6) is 5.75 Å². The van der Waals surface area contributed by atoms with E-state index in [1.165, 1.54) is 0 Å². The Morgan fingerprint density at radius 1 is 1.45 bits per heavy atom. The molecule has 0 aliphatic rings. The van der Waals surface area contributed by atoms with Gasteiger partial charge in [0.25, 0.3) is 0 Å². The van der Waals surface area contributed by atoms with Crippen LogP contribution >= 0.6 is 0 Å². The van der Waals surface area contributed by atoms with Crippen LogP contribution < -0.4 is 15.8 Å². The summed E-state index contributed by atoms with van der Waals surface area (Å²) in [5.74, 6) is 1.12. The van der Waals surface area contributed by atoms with E-state index in [-0.39, 0.29) is 5.91 Å². The van der Waals surface area contributed by atoms with Crippen LogP contribution in [-0.4, -0.2) is 19.1 Å². The van der Waals surface area contributed by atoms with Gasteiger partial charge in [0.15, 0.2) is 0 Å². The van der Waals surface area contributed by atoms with Gasteiger partial charge in [0.1, 0.15) is 5.75 Å². The number of hydrogen-bond acceptors (Lipinski definition) is 3. The lowest BCUT2D eigenvalue weighted by atomic mass is 10.1. The van der Waals surface area contributed by atoms with Gasteiger partial charge in [-0.3, -0.25) is 4.79 Å². The number of nitrogens with one attached hydrogen (secondary N) is 1. The molecule has 0 fully saturated rings. The van der Waals surface area contributed by atoms with Crippen molar-refractivity contribution in [2.24, 2.45) is 11.7 Å². The van der Waals surface area contributed by atoms with Gasteiger partial charge in [-0.1, -0.05) is 19.9 Å². The van der Waals surface area contributed by atoms with Gasteiger partial charge >= 0.3 is 0 Å². The van der Waals surface area contributed by atoms with Crippen molar-refractivity contribution in [2.45, 2.75) is 40.0 Å². The Balaban J connectivity index is 2.63. The second kappa shape index (κ2) is 8.59. The van der Waals surface area contributed by atoms with Crippen molar-refractivity contribution in [1.82, 2.24) is 0 Å². The highest BCUT2D eigenvalue weighted by molar-refractivity contribution is 5.92. The minimum absolute atomic E-state index is 0.00972. The number of amides is 1. The maximum Gasteiger partial charge on any atom is 0.224 e. The summed E-state index contributed by atoms with van der Waals surface area (Å²) < 4.78 is 5.68. The van der Waals surface area contributed by atoms with Crippen molar-refractivity contribution in [1.29, 1.82) is 0 Å². The summed E-state index contributed by atoms with van der Waals surface area (Å²) in [6.45, 7) is 7.38. The summed E-state index contributed by atoms with van der Waals surface area (Å²) in [4.78, 5) is 11.9. The lowest BCUT2D eigenvalue weighted by Crippen LogP contribution is -2.17. The van der Waals surface area contributed by atoms with Gasteiger partial charge in [0.2, 0.25) is 5.91 Å². The summed E-state index contributed by atoms with van der Waals surface area (Å²) in [5, 5.41) is 2.92. The lowest BCUT2D eigenvalue weighted by Gasteiger charge is -2.13. The van der Waals surface area contributed by atoms with Crippen molar-refractivity contribution in [3.8, 4) is 5.75 Å². The first kappa shape index (κ1) is 16.5. The van der Waals surface area contributed by atoms with Crippen LogP contribution in [0, 0.1) is 12.8 Å². The molecule has 0 aliphatic heterocycles. The van der Waals surface area contributed by atoms with Gasteiger partial charge in [-0.25, -0.2) is 0 Å². The Labute approximate surface area is 121 Å². The fourth-order valence-electron chi connectivity index (χ4n) is 1.77. The molecule has 0 saturated carbocycles. The molecule has 0 aliphatic carbocycles. The topological polar surface area (TPSA) is 64.3 Å². The maximum atomic E-state index is 11.9. The highest BCUT2D eigenvalue weighted by atomic mass is 16.5. The Hall–Kier alpha value is -1.55. The van der Waals surface area contributed by atoms with Gasteiger partial charge in [-0.15, -0.1) is 0 Å². The van der Waals surface area contributed by atoms with E-state index in [0.29, 0.717) is 25.5 Å². The van der Waals surface area contributed by atoms with Gasteiger partial charge < -0.3 is 15.8 Å². The van der Waals surface area contributed by atoms with E-state index in [9.17, 15) is 4.79 Å². The minimum Gasteiger partial charge on any atom is -0.491 e. The van der Waals surface area contributed by atoms with Crippen molar-refractivity contribution >= 4 is 11.6 Å². The predicted molar refractivity (Wildman–Crippen MR) is 83.0 cm³/mol. The summed E-state index contributed by atoms with van der Waals surface area (Å²) in [6.07, 6.45) is 2.23. The van der Waals surface area contributed by atoms with E-state index >= 15 is 0 Å². The van der Waals surface area contributed by atoms with Gasteiger partial charge in [-0.2, -0.15) is 0 Å². The minimum atomic E-state index is 0.00972. The van der Waals surface area contributed by atoms with Crippen molar-refractivity contribution in [3.05, 3.63) is 23.8 Å². The van der Waals surface area contributed by atoms with Crippen molar-refractivity contribution < 1.29 is 9.53 Å². The summed E-state index contributed by atoms with van der Waals surface area (Å²) in [5.41, 5.74) is 7.42. The second-order valence-corrected chi connectivity index (χ2v) is 5.28. The van der Waals surface area contributed by atoms with Crippen LogP contribution in [-0.2, 0) is 4.79 Å². The fraction of sp³-hybridized carbons (Fsp3) is 0.562. The third-order valence-corrected chi connectivity index (χ3v) is 3.14. The molecule has 20 heavy (non-hydrogen) atoms. The van der Waals surface area contributed by atoms with Crippen LogP contribution in [0.25, 0.3) is 0 Å². The number of rotatable bonds is 8. The molecule has 1 rings (SSSR count). The van der Waals surface area contributed by atoms with Gasteiger partial charge in [-0.05, 0) is 49.9 Å².